The van der Waals surface area contributed by atoms with E-state index < -0.39 is 0 Å². The highest BCUT2D eigenvalue weighted by Gasteiger charge is 2.28. The fraction of sp³-hybridized carbons (Fsp3) is 0.368. The van der Waals surface area contributed by atoms with Crippen molar-refractivity contribution in [2.75, 3.05) is 26.7 Å². The normalized spacial score (nSPS) is 16.7. The van der Waals surface area contributed by atoms with Crippen LogP contribution in [0.4, 0.5) is 0 Å². The van der Waals surface area contributed by atoms with Crippen LogP contribution in [0.15, 0.2) is 48.7 Å². The van der Waals surface area contributed by atoms with Gasteiger partial charge in [0.1, 0.15) is 11.5 Å². The average molecular weight is 341 g/mol. The molecule has 6 nitrogen and oxygen atoms in total. The van der Waals surface area contributed by atoms with Gasteiger partial charge in [0.15, 0.2) is 6.61 Å². The number of carbonyl (C=O) groups excluding carboxylic acids is 1. The molecule has 6 heteroatoms. The molecule has 0 radical (unpaired) electrons. The first kappa shape index (κ1) is 17.2. The number of pyridine rings is 1. The number of likely N-dealkylation sites (tertiary alicyclic amines) is 1. The van der Waals surface area contributed by atoms with Crippen LogP contribution >= 0.6 is 0 Å². The number of aromatic nitrogens is 1. The first-order chi connectivity index (χ1) is 12.3. The highest BCUT2D eigenvalue weighted by Crippen LogP contribution is 2.22. The van der Waals surface area contributed by atoms with E-state index in [-0.39, 0.29) is 18.6 Å². The Hall–Kier alpha value is -2.60. The van der Waals surface area contributed by atoms with Gasteiger partial charge in [0, 0.05) is 31.4 Å². The van der Waals surface area contributed by atoms with Gasteiger partial charge in [0.2, 0.25) is 5.88 Å². The Labute approximate surface area is 147 Å². The van der Waals surface area contributed by atoms with Crippen LogP contribution in [0.2, 0.25) is 0 Å². The molecule has 132 valence electrons. The van der Waals surface area contributed by atoms with Crippen LogP contribution in [0.5, 0.6) is 17.4 Å². The van der Waals surface area contributed by atoms with Crippen molar-refractivity contribution in [3.63, 3.8) is 0 Å². The number of ether oxygens (including phenoxy) is 2. The molecule has 1 fully saturated rings. The number of likely N-dealkylation sites (N-methyl/N-ethyl adjacent to an activating group) is 1. The van der Waals surface area contributed by atoms with E-state index in [1.54, 1.807) is 36.5 Å². The number of benzene rings is 1. The smallest absolute Gasteiger partial charge is 0.260 e. The summed E-state index contributed by atoms with van der Waals surface area (Å²) >= 11 is 0. The minimum absolute atomic E-state index is 0.0339. The summed E-state index contributed by atoms with van der Waals surface area (Å²) in [6, 6.07) is 13.0. The lowest BCUT2D eigenvalue weighted by Crippen LogP contribution is -2.43. The highest BCUT2D eigenvalue weighted by molar-refractivity contribution is 5.78. The van der Waals surface area contributed by atoms with Crippen molar-refractivity contribution in [3.8, 4) is 17.4 Å². The quantitative estimate of drug-likeness (QED) is 0.838. The molecule has 1 aromatic heterocycles. The largest absolute Gasteiger partial charge is 0.484 e. The summed E-state index contributed by atoms with van der Waals surface area (Å²) in [6.45, 7) is 1.69. The second kappa shape index (κ2) is 8.48. The minimum atomic E-state index is 0.0339. The standard InChI is InChI=1S/C19H23N3O3/c1-20-13-15-5-4-12-22(15)19(23)14-24-16-7-9-17(10-8-16)25-18-6-2-3-11-21-18/h2-3,6-11,15,20H,4-5,12-14H2,1H3. The number of hydrogen-bond donors (Lipinski definition) is 1. The van der Waals surface area contributed by atoms with Crippen LogP contribution in [-0.4, -0.2) is 48.6 Å². The summed E-state index contributed by atoms with van der Waals surface area (Å²) in [5.41, 5.74) is 0. The van der Waals surface area contributed by atoms with E-state index in [1.165, 1.54) is 0 Å². The number of nitrogens with one attached hydrogen (secondary N) is 1. The predicted octanol–water partition coefficient (Wildman–Crippen LogP) is 2.46. The van der Waals surface area contributed by atoms with Gasteiger partial charge in [-0.2, -0.15) is 0 Å². The molecule has 25 heavy (non-hydrogen) atoms. The fourth-order valence-corrected chi connectivity index (χ4v) is 2.97. The summed E-state index contributed by atoms with van der Waals surface area (Å²) in [5.74, 6) is 1.89. The SMILES string of the molecule is CNCC1CCCN1C(=O)COc1ccc(Oc2ccccn2)cc1. The van der Waals surface area contributed by atoms with E-state index in [1.807, 2.05) is 24.1 Å². The van der Waals surface area contributed by atoms with Gasteiger partial charge in [0.25, 0.3) is 5.91 Å². The Balaban J connectivity index is 1.51. The molecule has 1 N–H and O–H groups in total. The van der Waals surface area contributed by atoms with E-state index >= 15 is 0 Å². The van der Waals surface area contributed by atoms with Crippen molar-refractivity contribution in [2.45, 2.75) is 18.9 Å². The van der Waals surface area contributed by atoms with Crippen LogP contribution in [0.1, 0.15) is 12.8 Å². The first-order valence-corrected chi connectivity index (χ1v) is 8.52. The molecule has 1 unspecified atom stereocenters. The minimum Gasteiger partial charge on any atom is -0.484 e. The topological polar surface area (TPSA) is 63.7 Å². The summed E-state index contributed by atoms with van der Waals surface area (Å²) < 4.78 is 11.3. The third kappa shape index (κ3) is 4.70. The number of carbonyl (C=O) groups is 1. The molecule has 2 aromatic rings. The van der Waals surface area contributed by atoms with E-state index in [9.17, 15) is 4.79 Å². The van der Waals surface area contributed by atoms with E-state index in [4.69, 9.17) is 9.47 Å². The zero-order chi connectivity index (χ0) is 17.5. The number of amides is 1. The Morgan fingerprint density at radius 1 is 1.24 bits per heavy atom. The molecule has 0 spiro atoms. The zero-order valence-electron chi connectivity index (χ0n) is 14.4. The van der Waals surface area contributed by atoms with Crippen molar-refractivity contribution >= 4 is 5.91 Å². The molecule has 1 aliphatic rings. The maximum Gasteiger partial charge on any atom is 0.260 e. The number of hydrogen-bond acceptors (Lipinski definition) is 5. The number of nitrogens with zero attached hydrogens (tertiary/aromatic N) is 2. The second-order valence-corrected chi connectivity index (χ2v) is 5.97. The van der Waals surface area contributed by atoms with Crippen molar-refractivity contribution in [2.24, 2.45) is 0 Å². The Bertz CT molecular complexity index is 676. The van der Waals surface area contributed by atoms with E-state index in [0.29, 0.717) is 17.4 Å². The third-order valence-corrected chi connectivity index (χ3v) is 4.18. The van der Waals surface area contributed by atoms with Crippen molar-refractivity contribution < 1.29 is 14.3 Å². The molecule has 1 amide bonds. The molecule has 0 aliphatic carbocycles. The summed E-state index contributed by atoms with van der Waals surface area (Å²) in [7, 11) is 1.91. The lowest BCUT2D eigenvalue weighted by atomic mass is 10.2. The van der Waals surface area contributed by atoms with Crippen LogP contribution in [0.3, 0.4) is 0 Å². The molecule has 1 atom stereocenters. The van der Waals surface area contributed by atoms with Crippen molar-refractivity contribution in [1.29, 1.82) is 0 Å². The second-order valence-electron chi connectivity index (χ2n) is 5.97. The summed E-state index contributed by atoms with van der Waals surface area (Å²) in [5, 5.41) is 3.14. The zero-order valence-corrected chi connectivity index (χ0v) is 14.4. The van der Waals surface area contributed by atoms with Crippen molar-refractivity contribution in [1.82, 2.24) is 15.2 Å². The van der Waals surface area contributed by atoms with Gasteiger partial charge in [-0.1, -0.05) is 6.07 Å². The monoisotopic (exact) mass is 341 g/mol. The maximum atomic E-state index is 12.4. The Morgan fingerprint density at radius 2 is 2.04 bits per heavy atom. The lowest BCUT2D eigenvalue weighted by Gasteiger charge is -2.24. The third-order valence-electron chi connectivity index (χ3n) is 4.18. The lowest BCUT2D eigenvalue weighted by molar-refractivity contribution is -0.134. The summed E-state index contributed by atoms with van der Waals surface area (Å²) in [4.78, 5) is 18.4. The molecule has 0 bridgehead atoms. The molecule has 1 aromatic carbocycles. The van der Waals surface area contributed by atoms with Gasteiger partial charge >= 0.3 is 0 Å². The van der Waals surface area contributed by atoms with Crippen LogP contribution in [0, 0.1) is 0 Å². The van der Waals surface area contributed by atoms with Crippen LogP contribution in [-0.2, 0) is 4.79 Å². The van der Waals surface area contributed by atoms with Gasteiger partial charge in [-0.05, 0) is 50.2 Å². The van der Waals surface area contributed by atoms with Crippen molar-refractivity contribution in [3.05, 3.63) is 48.7 Å². The maximum absolute atomic E-state index is 12.4. The van der Waals surface area contributed by atoms with Gasteiger partial charge < -0.3 is 19.7 Å². The molecule has 2 heterocycles. The average Bonchev–Trinajstić information content (AvgIpc) is 3.10. The molecular formula is C19H23N3O3. The first-order valence-electron chi connectivity index (χ1n) is 8.52. The van der Waals surface area contributed by atoms with E-state index in [2.05, 4.69) is 10.3 Å². The van der Waals surface area contributed by atoms with E-state index in [0.717, 1.165) is 25.9 Å². The highest BCUT2D eigenvalue weighted by atomic mass is 16.5. The molecule has 1 aliphatic heterocycles. The number of rotatable bonds is 7. The summed E-state index contributed by atoms with van der Waals surface area (Å²) in [6.07, 6.45) is 3.78. The molecule has 0 saturated carbocycles. The fourth-order valence-electron chi connectivity index (χ4n) is 2.97. The molecule has 3 rings (SSSR count). The molecule has 1 saturated heterocycles. The van der Waals surface area contributed by atoms with Crippen LogP contribution in [0.25, 0.3) is 0 Å². The Morgan fingerprint density at radius 3 is 2.76 bits per heavy atom. The molecular weight excluding hydrogens is 318 g/mol. The van der Waals surface area contributed by atoms with Crippen LogP contribution < -0.4 is 14.8 Å². The van der Waals surface area contributed by atoms with Gasteiger partial charge in [-0.3, -0.25) is 4.79 Å². The predicted molar refractivity (Wildman–Crippen MR) is 94.9 cm³/mol. The van der Waals surface area contributed by atoms with Gasteiger partial charge in [-0.25, -0.2) is 4.98 Å². The van der Waals surface area contributed by atoms with Gasteiger partial charge in [-0.15, -0.1) is 0 Å². The Kier molecular flexibility index (Phi) is 5.85. The van der Waals surface area contributed by atoms with Gasteiger partial charge in [0.05, 0.1) is 0 Å².